The maximum atomic E-state index is 12.4. The van der Waals surface area contributed by atoms with Crippen LogP contribution in [0.3, 0.4) is 0 Å². The highest BCUT2D eigenvalue weighted by Crippen LogP contribution is 2.25. The fourth-order valence-corrected chi connectivity index (χ4v) is 2.63. The van der Waals surface area contributed by atoms with E-state index in [-0.39, 0.29) is 11.9 Å². The summed E-state index contributed by atoms with van der Waals surface area (Å²) in [5.41, 5.74) is 2.89. The molecule has 2 heterocycles. The van der Waals surface area contributed by atoms with Crippen molar-refractivity contribution in [2.24, 2.45) is 0 Å². The minimum Gasteiger partial charge on any atom is -0.351 e. The third-order valence-electron chi connectivity index (χ3n) is 3.94. The molecule has 7 nitrogen and oxygen atoms in total. The monoisotopic (exact) mass is 326 g/mol. The fraction of sp³-hybridized carbons (Fsp3) is 0.412. The summed E-state index contributed by atoms with van der Waals surface area (Å²) < 4.78 is 2.06. The lowest BCUT2D eigenvalue weighted by atomic mass is 10.1. The number of nitrogens with one attached hydrogen (secondary N) is 1. The van der Waals surface area contributed by atoms with Gasteiger partial charge in [0.1, 0.15) is 0 Å². The Morgan fingerprint density at radius 2 is 2.08 bits per heavy atom. The van der Waals surface area contributed by atoms with E-state index in [9.17, 15) is 4.79 Å². The van der Waals surface area contributed by atoms with Crippen LogP contribution in [0.1, 0.15) is 30.2 Å². The van der Waals surface area contributed by atoms with Crippen molar-refractivity contribution >= 4 is 28.0 Å². The lowest BCUT2D eigenvalue weighted by Gasteiger charge is -2.11. The van der Waals surface area contributed by atoms with Crippen LogP contribution in [0.5, 0.6) is 0 Å². The van der Waals surface area contributed by atoms with Crippen LogP contribution in [0.2, 0.25) is 0 Å². The van der Waals surface area contributed by atoms with Crippen LogP contribution in [0, 0.1) is 0 Å². The van der Waals surface area contributed by atoms with Gasteiger partial charge in [-0.25, -0.2) is 4.98 Å². The van der Waals surface area contributed by atoms with Gasteiger partial charge in [0.2, 0.25) is 5.65 Å². The van der Waals surface area contributed by atoms with Crippen LogP contribution in [-0.4, -0.2) is 57.7 Å². The van der Waals surface area contributed by atoms with Crippen molar-refractivity contribution in [3.8, 4) is 0 Å². The Morgan fingerprint density at radius 1 is 1.29 bits per heavy atom. The van der Waals surface area contributed by atoms with Gasteiger partial charge in [0.05, 0.1) is 17.4 Å². The summed E-state index contributed by atoms with van der Waals surface area (Å²) in [6.45, 7) is 5.59. The van der Waals surface area contributed by atoms with Crippen molar-refractivity contribution < 1.29 is 4.79 Å². The lowest BCUT2D eigenvalue weighted by Crippen LogP contribution is -2.31. The molecule has 0 saturated heterocycles. The van der Waals surface area contributed by atoms with E-state index in [0.29, 0.717) is 17.8 Å². The first-order valence-corrected chi connectivity index (χ1v) is 8.03. The van der Waals surface area contributed by atoms with E-state index in [1.807, 2.05) is 31.1 Å². The van der Waals surface area contributed by atoms with Gasteiger partial charge >= 0.3 is 0 Å². The van der Waals surface area contributed by atoms with Crippen LogP contribution >= 0.6 is 0 Å². The molecule has 126 valence electrons. The number of aromatic nitrogens is 4. The Kier molecular flexibility index (Phi) is 4.44. The highest BCUT2D eigenvalue weighted by molar-refractivity contribution is 6.05. The predicted octanol–water partition coefficient (Wildman–Crippen LogP) is 1.85. The average molecular weight is 326 g/mol. The topological polar surface area (TPSA) is 75.9 Å². The summed E-state index contributed by atoms with van der Waals surface area (Å²) in [4.78, 5) is 18.7. The lowest BCUT2D eigenvalue weighted by molar-refractivity contribution is 0.0951. The van der Waals surface area contributed by atoms with E-state index in [1.54, 1.807) is 12.4 Å². The highest BCUT2D eigenvalue weighted by Gasteiger charge is 2.14. The first-order valence-electron chi connectivity index (χ1n) is 8.03. The van der Waals surface area contributed by atoms with E-state index < -0.39 is 0 Å². The molecule has 0 aliphatic rings. The zero-order chi connectivity index (χ0) is 17.3. The molecule has 0 fully saturated rings. The number of rotatable bonds is 5. The first kappa shape index (κ1) is 16.3. The van der Waals surface area contributed by atoms with Crippen LogP contribution in [-0.2, 0) is 0 Å². The van der Waals surface area contributed by atoms with Crippen molar-refractivity contribution in [2.45, 2.75) is 19.9 Å². The molecule has 1 aromatic carbocycles. The molecule has 24 heavy (non-hydrogen) atoms. The molecule has 7 heteroatoms. The molecule has 1 amide bonds. The van der Waals surface area contributed by atoms with Crippen molar-refractivity contribution in [3.63, 3.8) is 0 Å². The van der Waals surface area contributed by atoms with E-state index >= 15 is 0 Å². The predicted molar refractivity (Wildman–Crippen MR) is 94.1 cm³/mol. The van der Waals surface area contributed by atoms with Gasteiger partial charge in [-0.15, -0.1) is 10.2 Å². The second kappa shape index (κ2) is 6.52. The minimum absolute atomic E-state index is 0.0840. The number of imidazole rings is 1. The van der Waals surface area contributed by atoms with Crippen molar-refractivity contribution in [3.05, 3.63) is 30.1 Å². The zero-order valence-corrected chi connectivity index (χ0v) is 14.4. The van der Waals surface area contributed by atoms with Crippen molar-refractivity contribution in [1.82, 2.24) is 30.0 Å². The second-order valence-electron chi connectivity index (χ2n) is 6.41. The number of fused-ring (bicyclic) bond motifs is 3. The molecule has 0 bridgehead atoms. The summed E-state index contributed by atoms with van der Waals surface area (Å²) in [6, 6.07) is 5.74. The quantitative estimate of drug-likeness (QED) is 0.774. The molecule has 0 aliphatic heterocycles. The largest absolute Gasteiger partial charge is 0.351 e. The van der Waals surface area contributed by atoms with Gasteiger partial charge in [0.15, 0.2) is 0 Å². The van der Waals surface area contributed by atoms with Crippen LogP contribution < -0.4 is 5.32 Å². The summed E-state index contributed by atoms with van der Waals surface area (Å²) in [5, 5.41) is 12.2. The maximum Gasteiger partial charge on any atom is 0.251 e. The van der Waals surface area contributed by atoms with Gasteiger partial charge in [-0.2, -0.15) is 0 Å². The van der Waals surface area contributed by atoms with Crippen LogP contribution in [0.15, 0.2) is 24.5 Å². The van der Waals surface area contributed by atoms with Crippen molar-refractivity contribution in [2.75, 3.05) is 27.2 Å². The van der Waals surface area contributed by atoms with E-state index in [0.717, 1.165) is 23.0 Å². The molecule has 1 N–H and O–H groups in total. The Morgan fingerprint density at radius 3 is 2.79 bits per heavy atom. The summed E-state index contributed by atoms with van der Waals surface area (Å²) in [5.74, 6) is -0.0840. The second-order valence-corrected chi connectivity index (χ2v) is 6.41. The van der Waals surface area contributed by atoms with E-state index in [2.05, 4.69) is 38.9 Å². The molecule has 0 unspecified atom stereocenters. The maximum absolute atomic E-state index is 12.4. The Bertz CT molecular complexity index is 883. The molecule has 0 saturated carbocycles. The third-order valence-corrected chi connectivity index (χ3v) is 3.94. The van der Waals surface area contributed by atoms with Gasteiger partial charge in [-0.3, -0.25) is 4.79 Å². The normalized spacial score (nSPS) is 11.8. The van der Waals surface area contributed by atoms with E-state index in [4.69, 9.17) is 0 Å². The minimum atomic E-state index is -0.0840. The van der Waals surface area contributed by atoms with Gasteiger partial charge < -0.3 is 14.8 Å². The average Bonchev–Trinajstić information content (AvgIpc) is 2.98. The molecule has 0 aliphatic carbocycles. The number of carbonyl (C=O) groups excluding carboxylic acids is 1. The number of benzene rings is 1. The summed E-state index contributed by atoms with van der Waals surface area (Å²) in [6.07, 6.45) is 1.77. The van der Waals surface area contributed by atoms with Gasteiger partial charge in [-0.05, 0) is 46.1 Å². The molecule has 0 atom stereocenters. The number of likely N-dealkylation sites (N-methyl/N-ethyl adjacent to an activating group) is 1. The Balaban J connectivity index is 2.01. The molecule has 3 aromatic rings. The van der Waals surface area contributed by atoms with Gasteiger partial charge in [-0.1, -0.05) is 0 Å². The molecular weight excluding hydrogens is 304 g/mol. The van der Waals surface area contributed by atoms with Crippen LogP contribution in [0.25, 0.3) is 22.1 Å². The Labute approximate surface area is 140 Å². The molecular formula is C17H22N6O. The number of carbonyl (C=O) groups is 1. The summed E-state index contributed by atoms with van der Waals surface area (Å²) >= 11 is 0. The SMILES string of the molecule is CC(C)n1cnc2nnc3ccc(C(=O)NCCN(C)C)cc3c21. The highest BCUT2D eigenvalue weighted by atomic mass is 16.1. The zero-order valence-electron chi connectivity index (χ0n) is 14.4. The smallest absolute Gasteiger partial charge is 0.251 e. The molecule has 0 spiro atoms. The molecule has 3 rings (SSSR count). The molecule has 2 aromatic heterocycles. The Hall–Kier alpha value is -2.54. The number of hydrogen-bond donors (Lipinski definition) is 1. The van der Waals surface area contributed by atoms with Crippen LogP contribution in [0.4, 0.5) is 0 Å². The van der Waals surface area contributed by atoms with Gasteiger partial charge in [0.25, 0.3) is 5.91 Å². The molecule has 0 radical (unpaired) electrons. The third kappa shape index (κ3) is 3.07. The standard InChI is InChI=1S/C17H22N6O/c1-11(2)23-10-19-16-15(23)13-9-12(5-6-14(13)20-21-16)17(24)18-7-8-22(3)4/h5-6,9-11H,7-8H2,1-4H3,(H,18,24). The van der Waals surface area contributed by atoms with Gasteiger partial charge in [0, 0.05) is 30.1 Å². The van der Waals surface area contributed by atoms with Crippen molar-refractivity contribution in [1.29, 1.82) is 0 Å². The summed E-state index contributed by atoms with van der Waals surface area (Å²) in [7, 11) is 3.95. The first-order chi connectivity index (χ1) is 11.5. The van der Waals surface area contributed by atoms with E-state index in [1.165, 1.54) is 0 Å². The number of hydrogen-bond acceptors (Lipinski definition) is 5. The number of nitrogens with zero attached hydrogens (tertiary/aromatic N) is 5. The number of amides is 1. The fourth-order valence-electron chi connectivity index (χ4n) is 2.63.